The molecule has 0 saturated carbocycles. The molecule has 0 radical (unpaired) electrons. The summed E-state index contributed by atoms with van der Waals surface area (Å²) in [7, 11) is 0. The van der Waals surface area contributed by atoms with Gasteiger partial charge < -0.3 is 14.8 Å². The van der Waals surface area contributed by atoms with Gasteiger partial charge in [-0.25, -0.2) is 0 Å². The molecular weight excluding hydrogens is 376 g/mol. The fourth-order valence-corrected chi connectivity index (χ4v) is 4.46. The van der Waals surface area contributed by atoms with Gasteiger partial charge in [0, 0.05) is 36.3 Å². The van der Waals surface area contributed by atoms with Crippen LogP contribution in [0.1, 0.15) is 49.7 Å². The summed E-state index contributed by atoms with van der Waals surface area (Å²) in [5, 5.41) is 1.08. The van der Waals surface area contributed by atoms with Gasteiger partial charge in [-0.15, -0.1) is 0 Å². The number of hydrogen-bond donors (Lipinski definition) is 1. The normalized spacial score (nSPS) is 18.4. The summed E-state index contributed by atoms with van der Waals surface area (Å²) < 4.78 is 0. The highest BCUT2D eigenvalue weighted by Gasteiger charge is 2.53. The maximum Gasteiger partial charge on any atom is 0.274 e. The number of pyridine rings is 1. The Morgan fingerprint density at radius 1 is 1.17 bits per heavy atom. The van der Waals surface area contributed by atoms with Crippen LogP contribution in [0.4, 0.5) is 0 Å². The van der Waals surface area contributed by atoms with Gasteiger partial charge >= 0.3 is 0 Å². The molecule has 2 aromatic heterocycles. The first-order valence-electron chi connectivity index (χ1n) is 10.6. The van der Waals surface area contributed by atoms with Gasteiger partial charge in [-0.1, -0.05) is 37.6 Å². The molecule has 156 valence electrons. The molecule has 0 bridgehead atoms. The highest BCUT2D eigenvalue weighted by atomic mass is 16.2. The molecule has 1 aliphatic heterocycles. The molecule has 2 amide bonds. The molecule has 1 aliphatic rings. The van der Waals surface area contributed by atoms with E-state index in [2.05, 4.69) is 16.9 Å². The Bertz CT molecular complexity index is 1060. The van der Waals surface area contributed by atoms with Crippen molar-refractivity contribution in [3.05, 3.63) is 66.1 Å². The van der Waals surface area contributed by atoms with Crippen LogP contribution in [0, 0.1) is 0 Å². The first-order chi connectivity index (χ1) is 14.4. The third-order valence-electron chi connectivity index (χ3n) is 6.04. The van der Waals surface area contributed by atoms with Crippen LogP contribution in [0.15, 0.2) is 54.9 Å². The zero-order chi connectivity index (χ0) is 21.3. The Labute approximate surface area is 176 Å². The molecule has 1 unspecified atom stereocenters. The number of rotatable bonds is 6. The molecule has 1 N–H and O–H groups in total. The van der Waals surface area contributed by atoms with E-state index in [1.54, 1.807) is 29.3 Å². The number of nitrogens with one attached hydrogen (secondary N) is 1. The van der Waals surface area contributed by atoms with Crippen molar-refractivity contribution < 1.29 is 9.59 Å². The minimum absolute atomic E-state index is 0.00279. The molecule has 0 aliphatic carbocycles. The highest BCUT2D eigenvalue weighted by molar-refractivity contribution is 5.99. The molecule has 0 spiro atoms. The quantitative estimate of drug-likeness (QED) is 0.675. The number of hydrogen-bond acceptors (Lipinski definition) is 3. The smallest absolute Gasteiger partial charge is 0.274 e. The zero-order valence-corrected chi connectivity index (χ0v) is 17.8. The van der Waals surface area contributed by atoms with Gasteiger partial charge in [0.15, 0.2) is 0 Å². The third-order valence-corrected chi connectivity index (χ3v) is 6.04. The lowest BCUT2D eigenvalue weighted by Crippen LogP contribution is -2.53. The molecule has 3 aromatic rings. The molecule has 30 heavy (non-hydrogen) atoms. The molecule has 4 rings (SSSR count). The number of nitrogens with zero attached hydrogens (tertiary/aromatic N) is 3. The fourth-order valence-electron chi connectivity index (χ4n) is 4.46. The average Bonchev–Trinajstić information content (AvgIpc) is 3.24. The molecule has 1 saturated heterocycles. The van der Waals surface area contributed by atoms with E-state index in [0.29, 0.717) is 18.7 Å². The number of carbonyl (C=O) groups excluding carboxylic acids is 2. The number of amides is 2. The summed E-state index contributed by atoms with van der Waals surface area (Å²) in [6.45, 7) is 6.65. The van der Waals surface area contributed by atoms with Gasteiger partial charge in [-0.05, 0) is 44.0 Å². The van der Waals surface area contributed by atoms with Crippen molar-refractivity contribution in [2.75, 3.05) is 6.54 Å². The lowest BCUT2D eigenvalue weighted by molar-refractivity contribution is -0.131. The van der Waals surface area contributed by atoms with Crippen LogP contribution in [0.2, 0.25) is 0 Å². The van der Waals surface area contributed by atoms with Crippen molar-refractivity contribution in [1.29, 1.82) is 0 Å². The number of para-hydroxylation sites is 1. The van der Waals surface area contributed by atoms with Crippen LogP contribution in [-0.4, -0.2) is 49.8 Å². The SMILES string of the molecule is CCCCN1C(=O)C(Cc2c[nH]c3ccccc23)N(C(=O)c2ccccn2)C1(C)C. The van der Waals surface area contributed by atoms with E-state index >= 15 is 0 Å². The number of fused-ring (bicyclic) bond motifs is 1. The third kappa shape index (κ3) is 3.36. The summed E-state index contributed by atoms with van der Waals surface area (Å²) in [5.41, 5.74) is 1.70. The lowest BCUT2D eigenvalue weighted by atomic mass is 10.0. The lowest BCUT2D eigenvalue weighted by Gasteiger charge is -2.38. The summed E-state index contributed by atoms with van der Waals surface area (Å²) >= 11 is 0. The van der Waals surface area contributed by atoms with Gasteiger partial charge in [-0.2, -0.15) is 0 Å². The van der Waals surface area contributed by atoms with Gasteiger partial charge in [0.2, 0.25) is 5.91 Å². The van der Waals surface area contributed by atoms with Crippen molar-refractivity contribution in [2.24, 2.45) is 0 Å². The van der Waals surface area contributed by atoms with Crippen LogP contribution in [0.3, 0.4) is 0 Å². The van der Waals surface area contributed by atoms with Gasteiger partial charge in [-0.3, -0.25) is 14.6 Å². The number of H-pyrrole nitrogens is 1. The topological polar surface area (TPSA) is 69.3 Å². The van der Waals surface area contributed by atoms with Crippen molar-refractivity contribution >= 4 is 22.7 Å². The summed E-state index contributed by atoms with van der Waals surface area (Å²) in [6, 6.07) is 12.8. The maximum atomic E-state index is 13.5. The molecule has 1 atom stereocenters. The second-order valence-electron chi connectivity index (χ2n) is 8.31. The van der Waals surface area contributed by atoms with E-state index < -0.39 is 11.7 Å². The van der Waals surface area contributed by atoms with Crippen molar-refractivity contribution in [1.82, 2.24) is 19.8 Å². The van der Waals surface area contributed by atoms with E-state index in [0.717, 1.165) is 29.3 Å². The number of benzene rings is 1. The number of aromatic nitrogens is 2. The van der Waals surface area contributed by atoms with Crippen LogP contribution in [0.25, 0.3) is 10.9 Å². The Hall–Kier alpha value is -3.15. The molecule has 1 aromatic carbocycles. The van der Waals surface area contributed by atoms with Crippen LogP contribution < -0.4 is 0 Å². The number of carbonyl (C=O) groups is 2. The Morgan fingerprint density at radius 2 is 1.93 bits per heavy atom. The average molecular weight is 405 g/mol. The van der Waals surface area contributed by atoms with E-state index in [4.69, 9.17) is 0 Å². The second kappa shape index (κ2) is 7.94. The van der Waals surface area contributed by atoms with E-state index in [1.165, 1.54) is 0 Å². The first kappa shape index (κ1) is 20.1. The highest BCUT2D eigenvalue weighted by Crippen LogP contribution is 2.35. The second-order valence-corrected chi connectivity index (χ2v) is 8.31. The summed E-state index contributed by atoms with van der Waals surface area (Å²) in [5.74, 6) is -0.208. The number of unbranched alkanes of at least 4 members (excludes halogenated alkanes) is 1. The predicted molar refractivity (Wildman–Crippen MR) is 117 cm³/mol. The maximum absolute atomic E-state index is 13.5. The monoisotopic (exact) mass is 404 g/mol. The van der Waals surface area contributed by atoms with Crippen LogP contribution >= 0.6 is 0 Å². The Kier molecular flexibility index (Phi) is 5.33. The Balaban J connectivity index is 1.74. The van der Waals surface area contributed by atoms with Crippen LogP contribution in [-0.2, 0) is 11.2 Å². The van der Waals surface area contributed by atoms with Gasteiger partial charge in [0.1, 0.15) is 17.4 Å². The zero-order valence-electron chi connectivity index (χ0n) is 17.8. The molecular formula is C24H28N4O2. The van der Waals surface area contributed by atoms with Gasteiger partial charge in [0.05, 0.1) is 0 Å². The largest absolute Gasteiger partial charge is 0.361 e. The predicted octanol–water partition coefficient (Wildman–Crippen LogP) is 3.99. The van der Waals surface area contributed by atoms with Crippen LogP contribution in [0.5, 0.6) is 0 Å². The van der Waals surface area contributed by atoms with Gasteiger partial charge in [0.25, 0.3) is 5.91 Å². The summed E-state index contributed by atoms with van der Waals surface area (Å²) in [6.07, 6.45) is 5.92. The standard InChI is InChI=1S/C24H28N4O2/c1-4-5-14-27-23(30)21(15-17-16-26-19-11-7-6-10-18(17)19)28(24(27,2)3)22(29)20-12-8-9-13-25-20/h6-13,16,21,26H,4-5,14-15H2,1-3H3. The van der Waals surface area contributed by atoms with Crippen molar-refractivity contribution in [3.63, 3.8) is 0 Å². The Morgan fingerprint density at radius 3 is 2.67 bits per heavy atom. The molecule has 6 heteroatoms. The number of aromatic amines is 1. The van der Waals surface area contributed by atoms with E-state index in [1.807, 2.05) is 49.2 Å². The molecule has 3 heterocycles. The first-order valence-corrected chi connectivity index (χ1v) is 10.6. The van der Waals surface area contributed by atoms with Crippen molar-refractivity contribution in [2.45, 2.75) is 51.7 Å². The van der Waals surface area contributed by atoms with E-state index in [9.17, 15) is 9.59 Å². The molecule has 1 fully saturated rings. The van der Waals surface area contributed by atoms with E-state index in [-0.39, 0.29) is 11.8 Å². The fraction of sp³-hybridized carbons (Fsp3) is 0.375. The minimum Gasteiger partial charge on any atom is -0.361 e. The van der Waals surface area contributed by atoms with Crippen molar-refractivity contribution in [3.8, 4) is 0 Å². The molecule has 6 nitrogen and oxygen atoms in total. The minimum atomic E-state index is -0.725. The summed E-state index contributed by atoms with van der Waals surface area (Å²) in [4.78, 5) is 38.2.